The first-order valence-corrected chi connectivity index (χ1v) is 15.2. The standard InChI is InChI=1S/C27H39FO9S/c1-24-11-9-18(29)14-17(24)7-8-20-19-10-12-26(33,25(19,2)15-21(30)27(20,24)28)22(31)16-37-23(32)6-4-3-5-13-38(34,35)36/h14,19-21,30,33H,3-13,15-16H2,1-2H3,(H,34,35,36)/t19-,20-,21+,24-,25-,26-,27-/m0/s1. The molecule has 0 aromatic rings. The number of carbonyl (C=O) groups is 3. The van der Waals surface area contributed by atoms with Crippen molar-refractivity contribution in [3.63, 3.8) is 0 Å². The molecule has 9 nitrogen and oxygen atoms in total. The fourth-order valence-corrected chi connectivity index (χ4v) is 8.67. The third kappa shape index (κ3) is 4.67. The summed E-state index contributed by atoms with van der Waals surface area (Å²) in [4.78, 5) is 37.4. The minimum atomic E-state index is -4.05. The number of unbranched alkanes of at least 4 members (excludes halogenated alkanes) is 2. The Morgan fingerprint density at radius 2 is 1.82 bits per heavy atom. The molecule has 0 aromatic heterocycles. The van der Waals surface area contributed by atoms with Crippen LogP contribution in [0.3, 0.4) is 0 Å². The zero-order chi connectivity index (χ0) is 28.1. The summed E-state index contributed by atoms with van der Waals surface area (Å²) in [7, 11) is -4.05. The number of allylic oxidation sites excluding steroid dienone is 1. The maximum Gasteiger partial charge on any atom is 0.306 e. The average molecular weight is 559 g/mol. The molecule has 38 heavy (non-hydrogen) atoms. The van der Waals surface area contributed by atoms with Gasteiger partial charge in [-0.25, -0.2) is 4.39 Å². The molecule has 214 valence electrons. The number of ketones is 2. The zero-order valence-electron chi connectivity index (χ0n) is 22.1. The van der Waals surface area contributed by atoms with Crippen LogP contribution in [0.4, 0.5) is 4.39 Å². The summed E-state index contributed by atoms with van der Waals surface area (Å²) in [6.07, 6.45) is 2.81. The molecule has 4 rings (SSSR count). The van der Waals surface area contributed by atoms with Gasteiger partial charge in [0.05, 0.1) is 11.9 Å². The predicted molar refractivity (Wildman–Crippen MR) is 134 cm³/mol. The Balaban J connectivity index is 1.43. The molecule has 3 N–H and O–H groups in total. The van der Waals surface area contributed by atoms with Crippen molar-refractivity contribution in [1.29, 1.82) is 0 Å². The first-order chi connectivity index (χ1) is 17.6. The van der Waals surface area contributed by atoms with Crippen molar-refractivity contribution in [2.75, 3.05) is 12.4 Å². The number of Topliss-reactive ketones (excluding diaryl/α,β-unsaturated/α-hetero) is 1. The topological polar surface area (TPSA) is 155 Å². The summed E-state index contributed by atoms with van der Waals surface area (Å²) in [5, 5.41) is 23.0. The van der Waals surface area contributed by atoms with Crippen molar-refractivity contribution >= 4 is 27.7 Å². The van der Waals surface area contributed by atoms with Gasteiger partial charge in [0.25, 0.3) is 10.1 Å². The molecule has 11 heteroatoms. The molecule has 0 amide bonds. The van der Waals surface area contributed by atoms with Gasteiger partial charge >= 0.3 is 5.97 Å². The number of aliphatic hydroxyl groups is 2. The van der Waals surface area contributed by atoms with E-state index in [1.807, 2.05) is 0 Å². The number of rotatable bonds is 9. The largest absolute Gasteiger partial charge is 0.458 e. The smallest absolute Gasteiger partial charge is 0.306 e. The van der Waals surface area contributed by atoms with Gasteiger partial charge in [-0.3, -0.25) is 18.9 Å². The van der Waals surface area contributed by atoms with Crippen LogP contribution >= 0.6 is 0 Å². The molecule has 7 atom stereocenters. The number of hydrogen-bond donors (Lipinski definition) is 3. The Morgan fingerprint density at radius 3 is 2.50 bits per heavy atom. The second-order valence-electron chi connectivity index (χ2n) is 12.2. The zero-order valence-corrected chi connectivity index (χ0v) is 22.9. The molecular formula is C27H39FO9S. The van der Waals surface area contributed by atoms with Crippen molar-refractivity contribution < 1.29 is 46.7 Å². The van der Waals surface area contributed by atoms with E-state index in [9.17, 15) is 33.0 Å². The number of fused-ring (bicyclic) bond motifs is 5. The van der Waals surface area contributed by atoms with Crippen molar-refractivity contribution in [2.45, 2.75) is 102 Å². The number of esters is 1. The molecule has 3 saturated carbocycles. The Labute approximate surface area is 222 Å². The van der Waals surface area contributed by atoms with E-state index in [2.05, 4.69) is 0 Å². The van der Waals surface area contributed by atoms with Crippen molar-refractivity contribution in [3.05, 3.63) is 11.6 Å². The lowest BCUT2D eigenvalue weighted by Crippen LogP contribution is -2.69. The third-order valence-electron chi connectivity index (χ3n) is 10.3. The molecule has 0 aliphatic heterocycles. The molecule has 0 unspecified atom stereocenters. The van der Waals surface area contributed by atoms with Crippen LogP contribution in [0.1, 0.15) is 84.5 Å². The summed E-state index contributed by atoms with van der Waals surface area (Å²) in [5.41, 5.74) is -5.20. The monoisotopic (exact) mass is 558 g/mol. The van der Waals surface area contributed by atoms with E-state index < -0.39 is 68.4 Å². The number of alkyl halides is 1. The second-order valence-corrected chi connectivity index (χ2v) is 13.8. The molecule has 4 aliphatic carbocycles. The molecule has 0 spiro atoms. The number of hydrogen-bond acceptors (Lipinski definition) is 8. The van der Waals surface area contributed by atoms with Gasteiger partial charge in [0, 0.05) is 29.6 Å². The van der Waals surface area contributed by atoms with E-state index in [0.717, 1.165) is 5.57 Å². The van der Waals surface area contributed by atoms with Gasteiger partial charge in [-0.05, 0) is 63.4 Å². The number of carbonyl (C=O) groups excluding carboxylic acids is 3. The van der Waals surface area contributed by atoms with E-state index >= 15 is 4.39 Å². The lowest BCUT2D eigenvalue weighted by molar-refractivity contribution is -0.227. The van der Waals surface area contributed by atoms with E-state index in [0.29, 0.717) is 38.5 Å². The van der Waals surface area contributed by atoms with Crippen molar-refractivity contribution in [2.24, 2.45) is 22.7 Å². The summed E-state index contributed by atoms with van der Waals surface area (Å²) >= 11 is 0. The second kappa shape index (κ2) is 10.1. The summed E-state index contributed by atoms with van der Waals surface area (Å²) in [5.74, 6) is -2.70. The fourth-order valence-electron chi connectivity index (χ4n) is 8.10. The third-order valence-corrected chi connectivity index (χ3v) is 11.1. The highest BCUT2D eigenvalue weighted by molar-refractivity contribution is 7.85. The van der Waals surface area contributed by atoms with E-state index in [1.54, 1.807) is 19.9 Å². The normalized spacial score (nSPS) is 40.5. The summed E-state index contributed by atoms with van der Waals surface area (Å²) in [6.45, 7) is 2.87. The lowest BCUT2D eigenvalue weighted by Gasteiger charge is -2.63. The van der Waals surface area contributed by atoms with Crippen molar-refractivity contribution in [3.8, 4) is 0 Å². The quantitative estimate of drug-likeness (QED) is 0.220. The van der Waals surface area contributed by atoms with E-state index in [1.165, 1.54) is 0 Å². The minimum Gasteiger partial charge on any atom is -0.458 e. The van der Waals surface area contributed by atoms with Crippen LogP contribution in [-0.4, -0.2) is 70.5 Å². The minimum absolute atomic E-state index is 0.0249. The molecular weight excluding hydrogens is 519 g/mol. The van der Waals surface area contributed by atoms with Gasteiger partial charge < -0.3 is 14.9 Å². The number of ether oxygens (including phenoxy) is 1. The van der Waals surface area contributed by atoms with Gasteiger partial charge in [0.2, 0.25) is 5.78 Å². The Kier molecular flexibility index (Phi) is 7.75. The Morgan fingerprint density at radius 1 is 1.11 bits per heavy atom. The van der Waals surface area contributed by atoms with E-state index in [-0.39, 0.29) is 43.8 Å². The van der Waals surface area contributed by atoms with Crippen LogP contribution in [0.25, 0.3) is 0 Å². The highest BCUT2D eigenvalue weighted by Crippen LogP contribution is 2.70. The summed E-state index contributed by atoms with van der Waals surface area (Å²) < 4.78 is 52.5. The van der Waals surface area contributed by atoms with Crippen LogP contribution in [0.5, 0.6) is 0 Å². The molecule has 0 aromatic carbocycles. The molecule has 4 aliphatic rings. The predicted octanol–water partition coefficient (Wildman–Crippen LogP) is 2.87. The molecule has 0 heterocycles. The summed E-state index contributed by atoms with van der Waals surface area (Å²) in [6, 6.07) is 0. The molecule has 0 saturated heterocycles. The maximum absolute atomic E-state index is 17.1. The highest BCUT2D eigenvalue weighted by atomic mass is 32.2. The van der Waals surface area contributed by atoms with Crippen LogP contribution in [0, 0.1) is 22.7 Å². The van der Waals surface area contributed by atoms with Gasteiger partial charge in [0.15, 0.2) is 12.4 Å². The Hall–Kier alpha value is -1.69. The Bertz CT molecular complexity index is 1140. The van der Waals surface area contributed by atoms with Crippen LogP contribution in [-0.2, 0) is 29.2 Å². The van der Waals surface area contributed by atoms with E-state index in [4.69, 9.17) is 9.29 Å². The number of aliphatic hydroxyl groups excluding tert-OH is 1. The van der Waals surface area contributed by atoms with Crippen LogP contribution in [0.15, 0.2) is 11.6 Å². The maximum atomic E-state index is 17.1. The lowest BCUT2D eigenvalue weighted by atomic mass is 9.44. The fraction of sp³-hybridized carbons (Fsp3) is 0.815. The SMILES string of the molecule is C[C@]12CCC(=O)C=C1CC[C@H]1[C@@H]3CC[C@](O)(C(=O)COC(=O)CCCCCS(=O)(=O)O)[C@@]3(C)C[C@@H](O)[C@@]12F. The number of halogens is 1. The van der Waals surface area contributed by atoms with Gasteiger partial charge in [0.1, 0.15) is 11.3 Å². The van der Waals surface area contributed by atoms with Gasteiger partial charge in [-0.2, -0.15) is 8.42 Å². The first kappa shape index (κ1) is 29.3. The molecule has 0 bridgehead atoms. The highest BCUT2D eigenvalue weighted by Gasteiger charge is 2.74. The molecule has 3 fully saturated rings. The van der Waals surface area contributed by atoms with Gasteiger partial charge in [-0.15, -0.1) is 0 Å². The van der Waals surface area contributed by atoms with Gasteiger partial charge in [-0.1, -0.05) is 25.8 Å². The average Bonchev–Trinajstić information content (AvgIpc) is 3.09. The van der Waals surface area contributed by atoms with Crippen LogP contribution < -0.4 is 0 Å². The molecule has 0 radical (unpaired) electrons. The first-order valence-electron chi connectivity index (χ1n) is 13.6. The van der Waals surface area contributed by atoms with Crippen molar-refractivity contribution in [1.82, 2.24) is 0 Å². The van der Waals surface area contributed by atoms with Crippen LogP contribution in [0.2, 0.25) is 0 Å².